The summed E-state index contributed by atoms with van der Waals surface area (Å²) in [4.78, 5) is 12.4. The maximum atomic E-state index is 12.4. The van der Waals surface area contributed by atoms with Crippen molar-refractivity contribution < 1.29 is 13.2 Å². The van der Waals surface area contributed by atoms with Crippen molar-refractivity contribution in [2.45, 2.75) is 19.3 Å². The summed E-state index contributed by atoms with van der Waals surface area (Å²) in [5.41, 5.74) is 3.20. The molecule has 1 fully saturated rings. The highest BCUT2D eigenvalue weighted by Crippen LogP contribution is 2.48. The largest absolute Gasteiger partial charge is 0.326 e. The van der Waals surface area contributed by atoms with Gasteiger partial charge in [0, 0.05) is 11.6 Å². The fourth-order valence-corrected chi connectivity index (χ4v) is 3.27. The summed E-state index contributed by atoms with van der Waals surface area (Å²) >= 11 is 0. The second kappa shape index (κ2) is 6.26. The molecule has 6 nitrogen and oxygen atoms in total. The molecule has 0 aromatic heterocycles. The van der Waals surface area contributed by atoms with Crippen molar-refractivity contribution in [1.29, 1.82) is 0 Å². The Morgan fingerprint density at radius 2 is 1.83 bits per heavy atom. The molecule has 2 aromatic rings. The third-order valence-electron chi connectivity index (χ3n) is 3.99. The number of anilines is 2. The minimum absolute atomic E-state index is 0.0540. The molecule has 7 heteroatoms. The van der Waals surface area contributed by atoms with Crippen LogP contribution in [0.3, 0.4) is 0 Å². The molecule has 126 valence electrons. The Morgan fingerprint density at radius 1 is 1.12 bits per heavy atom. The van der Waals surface area contributed by atoms with E-state index in [4.69, 9.17) is 5.14 Å². The standard InChI is InChI=1S/C17H19N3O3S/c1-11-4-2-5-12(8-11)15-10-16(15)17(21)19-13-6-3-7-14(9-13)20-24(18,22)23/h2-9,15-16,20H,10H2,1H3,(H,19,21)(H2,18,22,23)/t15-,16-/m1/s1. The number of nitrogens with two attached hydrogens (primary N) is 1. The van der Waals surface area contributed by atoms with Gasteiger partial charge in [0.15, 0.2) is 0 Å². The number of amides is 1. The monoisotopic (exact) mass is 345 g/mol. The van der Waals surface area contributed by atoms with Crippen molar-refractivity contribution >= 4 is 27.5 Å². The lowest BCUT2D eigenvalue weighted by atomic mass is 10.1. The molecule has 0 spiro atoms. The van der Waals surface area contributed by atoms with Crippen molar-refractivity contribution in [3.63, 3.8) is 0 Å². The summed E-state index contributed by atoms with van der Waals surface area (Å²) in [6, 6.07) is 14.6. The molecule has 0 saturated heterocycles. The first-order valence-corrected chi connectivity index (χ1v) is 9.14. The molecule has 3 rings (SSSR count). The normalized spacial score (nSPS) is 19.6. The lowest BCUT2D eigenvalue weighted by Crippen LogP contribution is -2.21. The Morgan fingerprint density at radius 3 is 2.54 bits per heavy atom. The molecule has 4 N–H and O–H groups in total. The van der Waals surface area contributed by atoms with Crippen LogP contribution in [0.1, 0.15) is 23.5 Å². The van der Waals surface area contributed by atoms with Gasteiger partial charge < -0.3 is 5.32 Å². The Balaban J connectivity index is 1.65. The van der Waals surface area contributed by atoms with Gasteiger partial charge in [-0.3, -0.25) is 9.52 Å². The zero-order valence-electron chi connectivity index (χ0n) is 13.2. The Labute approximate surface area is 141 Å². The molecule has 24 heavy (non-hydrogen) atoms. The maximum Gasteiger partial charge on any atom is 0.296 e. The SMILES string of the molecule is Cc1cccc([C@H]2C[C@H]2C(=O)Nc2cccc(NS(N)(=O)=O)c2)c1. The number of nitrogens with one attached hydrogen (secondary N) is 2. The number of carbonyl (C=O) groups is 1. The van der Waals surface area contributed by atoms with E-state index in [9.17, 15) is 13.2 Å². The van der Waals surface area contributed by atoms with E-state index in [1.807, 2.05) is 25.1 Å². The van der Waals surface area contributed by atoms with Gasteiger partial charge in [0.1, 0.15) is 0 Å². The maximum absolute atomic E-state index is 12.4. The lowest BCUT2D eigenvalue weighted by molar-refractivity contribution is -0.117. The molecule has 1 aliphatic rings. The molecule has 2 aromatic carbocycles. The summed E-state index contributed by atoms with van der Waals surface area (Å²) in [5, 5.41) is 7.78. The molecule has 0 aliphatic heterocycles. The van der Waals surface area contributed by atoms with Crippen LogP contribution in [0.5, 0.6) is 0 Å². The highest BCUT2D eigenvalue weighted by atomic mass is 32.2. The van der Waals surface area contributed by atoms with Crippen molar-refractivity contribution in [1.82, 2.24) is 0 Å². The van der Waals surface area contributed by atoms with Crippen LogP contribution in [-0.4, -0.2) is 14.3 Å². The van der Waals surface area contributed by atoms with E-state index in [2.05, 4.69) is 16.1 Å². The van der Waals surface area contributed by atoms with Crippen LogP contribution in [0.4, 0.5) is 11.4 Å². The molecule has 0 radical (unpaired) electrons. The number of rotatable bonds is 5. The third kappa shape index (κ3) is 4.12. The van der Waals surface area contributed by atoms with Crippen LogP contribution in [0.25, 0.3) is 0 Å². The van der Waals surface area contributed by atoms with Crippen LogP contribution in [0, 0.1) is 12.8 Å². The zero-order valence-corrected chi connectivity index (χ0v) is 14.0. The van der Waals surface area contributed by atoms with Crippen molar-refractivity contribution in [2.24, 2.45) is 11.1 Å². The average Bonchev–Trinajstić information content (AvgIpc) is 3.26. The van der Waals surface area contributed by atoms with Gasteiger partial charge in [-0.2, -0.15) is 8.42 Å². The first kappa shape index (κ1) is 16.5. The van der Waals surface area contributed by atoms with Gasteiger partial charge in [-0.05, 0) is 43.0 Å². The van der Waals surface area contributed by atoms with Gasteiger partial charge in [-0.15, -0.1) is 0 Å². The van der Waals surface area contributed by atoms with Gasteiger partial charge in [-0.25, -0.2) is 5.14 Å². The molecule has 0 unspecified atom stereocenters. The smallest absolute Gasteiger partial charge is 0.296 e. The van der Waals surface area contributed by atoms with Gasteiger partial charge in [0.2, 0.25) is 5.91 Å². The minimum Gasteiger partial charge on any atom is -0.326 e. The number of aryl methyl sites for hydroxylation is 1. The van der Waals surface area contributed by atoms with Gasteiger partial charge >= 0.3 is 0 Å². The van der Waals surface area contributed by atoms with Gasteiger partial charge in [-0.1, -0.05) is 35.9 Å². The van der Waals surface area contributed by atoms with Crippen LogP contribution >= 0.6 is 0 Å². The summed E-state index contributed by atoms with van der Waals surface area (Å²) < 4.78 is 24.3. The number of benzene rings is 2. The summed E-state index contributed by atoms with van der Waals surface area (Å²) in [5.74, 6) is 0.131. The number of carbonyl (C=O) groups excluding carboxylic acids is 1. The second-order valence-electron chi connectivity index (χ2n) is 6.08. The molecule has 0 bridgehead atoms. The molecule has 2 atom stereocenters. The Hall–Kier alpha value is -2.38. The second-order valence-corrected chi connectivity index (χ2v) is 7.37. The van der Waals surface area contributed by atoms with Gasteiger partial charge in [0.25, 0.3) is 10.2 Å². The molecule has 1 amide bonds. The molecule has 1 saturated carbocycles. The van der Waals surface area contributed by atoms with Crippen molar-refractivity contribution in [2.75, 3.05) is 10.0 Å². The van der Waals surface area contributed by atoms with Crippen LogP contribution in [0.2, 0.25) is 0 Å². The highest BCUT2D eigenvalue weighted by molar-refractivity contribution is 7.90. The predicted molar refractivity (Wildman–Crippen MR) is 93.8 cm³/mol. The van der Waals surface area contributed by atoms with Crippen LogP contribution in [-0.2, 0) is 15.0 Å². The summed E-state index contributed by atoms with van der Waals surface area (Å²) in [7, 11) is -3.84. The van der Waals surface area contributed by atoms with Crippen molar-refractivity contribution in [3.8, 4) is 0 Å². The van der Waals surface area contributed by atoms with E-state index in [0.717, 1.165) is 6.42 Å². The minimum atomic E-state index is -3.84. The predicted octanol–water partition coefficient (Wildman–Crippen LogP) is 2.35. The van der Waals surface area contributed by atoms with E-state index in [1.54, 1.807) is 18.2 Å². The molecule has 1 aliphatic carbocycles. The van der Waals surface area contributed by atoms with Crippen molar-refractivity contribution in [3.05, 3.63) is 59.7 Å². The van der Waals surface area contributed by atoms with Crippen LogP contribution < -0.4 is 15.2 Å². The Kier molecular flexibility index (Phi) is 4.29. The average molecular weight is 345 g/mol. The van der Waals surface area contributed by atoms with E-state index in [-0.39, 0.29) is 17.7 Å². The van der Waals surface area contributed by atoms with Crippen LogP contribution in [0.15, 0.2) is 48.5 Å². The van der Waals surface area contributed by atoms with E-state index in [1.165, 1.54) is 17.2 Å². The number of hydrogen-bond acceptors (Lipinski definition) is 3. The molecular formula is C17H19N3O3S. The third-order valence-corrected chi connectivity index (χ3v) is 4.51. The van der Waals surface area contributed by atoms with E-state index in [0.29, 0.717) is 11.4 Å². The summed E-state index contributed by atoms with van der Waals surface area (Å²) in [6.45, 7) is 2.03. The van der Waals surface area contributed by atoms with Gasteiger partial charge in [0.05, 0.1) is 5.69 Å². The molecule has 0 heterocycles. The Bertz CT molecular complexity index is 880. The summed E-state index contributed by atoms with van der Waals surface area (Å²) in [6.07, 6.45) is 0.824. The zero-order chi connectivity index (χ0) is 17.3. The van der Waals surface area contributed by atoms with E-state index < -0.39 is 10.2 Å². The first-order chi connectivity index (χ1) is 11.3. The fourth-order valence-electron chi connectivity index (χ4n) is 2.81. The number of hydrogen-bond donors (Lipinski definition) is 3. The lowest BCUT2D eigenvalue weighted by Gasteiger charge is -2.08. The fraction of sp³-hybridized carbons (Fsp3) is 0.235. The quantitative estimate of drug-likeness (QED) is 0.775. The highest BCUT2D eigenvalue weighted by Gasteiger charge is 2.43. The molecular weight excluding hydrogens is 326 g/mol. The topological polar surface area (TPSA) is 101 Å². The van der Waals surface area contributed by atoms with E-state index >= 15 is 0 Å². The first-order valence-electron chi connectivity index (χ1n) is 7.60.